The molecule has 0 saturated carbocycles. The van der Waals surface area contributed by atoms with Crippen LogP contribution in [-0.2, 0) is 15.8 Å². The number of nitrogen functional groups attached to an aromatic ring is 1. The van der Waals surface area contributed by atoms with Crippen molar-refractivity contribution in [1.29, 1.82) is 0 Å². The third kappa shape index (κ3) is 4.68. The highest BCUT2D eigenvalue weighted by Gasteiger charge is 2.11. The van der Waals surface area contributed by atoms with Gasteiger partial charge in [-0.05, 0) is 48.9 Å². The van der Waals surface area contributed by atoms with E-state index in [1.54, 1.807) is 48.5 Å². The molecule has 0 saturated heterocycles. The molecule has 0 heterocycles. The van der Waals surface area contributed by atoms with Crippen LogP contribution in [-0.4, -0.2) is 15.0 Å². The molecule has 2 aromatic carbocycles. The Morgan fingerprint density at radius 2 is 1.67 bits per heavy atom. The predicted molar refractivity (Wildman–Crippen MR) is 84.7 cm³/mol. The molecule has 5 nitrogen and oxygen atoms in total. The summed E-state index contributed by atoms with van der Waals surface area (Å²) in [5, 5.41) is 0. The van der Waals surface area contributed by atoms with Gasteiger partial charge in [-0.1, -0.05) is 12.1 Å². The molecule has 6 heteroatoms. The second-order valence-electron chi connectivity index (χ2n) is 4.56. The van der Waals surface area contributed by atoms with Gasteiger partial charge in [-0.25, -0.2) is 8.42 Å². The van der Waals surface area contributed by atoms with Crippen molar-refractivity contribution in [2.45, 2.75) is 12.7 Å². The van der Waals surface area contributed by atoms with E-state index >= 15 is 0 Å². The molecule has 0 bridgehead atoms. The minimum absolute atomic E-state index is 0.0967. The van der Waals surface area contributed by atoms with Crippen LogP contribution in [0, 0.1) is 0 Å². The number of anilines is 2. The summed E-state index contributed by atoms with van der Waals surface area (Å²) in [5.74, 6) is 0.611. The van der Waals surface area contributed by atoms with E-state index in [0.29, 0.717) is 29.3 Å². The van der Waals surface area contributed by atoms with E-state index in [1.165, 1.54) is 0 Å². The Morgan fingerprint density at radius 3 is 2.24 bits per heavy atom. The van der Waals surface area contributed by atoms with Crippen molar-refractivity contribution in [1.82, 2.24) is 0 Å². The second kappa shape index (κ2) is 6.49. The maximum atomic E-state index is 12.1. The van der Waals surface area contributed by atoms with E-state index in [1.807, 2.05) is 6.92 Å². The first kappa shape index (κ1) is 15.2. The van der Waals surface area contributed by atoms with E-state index in [9.17, 15) is 8.42 Å². The van der Waals surface area contributed by atoms with Crippen LogP contribution in [0.5, 0.6) is 5.75 Å². The summed E-state index contributed by atoms with van der Waals surface area (Å²) in [7, 11) is -3.46. The van der Waals surface area contributed by atoms with Crippen LogP contribution in [0.2, 0.25) is 0 Å². The maximum Gasteiger partial charge on any atom is 0.236 e. The number of rotatable bonds is 6. The van der Waals surface area contributed by atoms with Crippen LogP contribution in [0.4, 0.5) is 11.4 Å². The fourth-order valence-electron chi connectivity index (χ4n) is 1.83. The van der Waals surface area contributed by atoms with Crippen LogP contribution >= 0.6 is 0 Å². The Labute approximate surface area is 124 Å². The number of benzene rings is 2. The zero-order valence-electron chi connectivity index (χ0n) is 11.7. The zero-order valence-corrected chi connectivity index (χ0v) is 12.6. The molecule has 0 amide bonds. The largest absolute Gasteiger partial charge is 0.494 e. The van der Waals surface area contributed by atoms with Gasteiger partial charge in [0.15, 0.2) is 0 Å². The highest BCUT2D eigenvalue weighted by atomic mass is 32.2. The first-order chi connectivity index (χ1) is 9.98. The van der Waals surface area contributed by atoms with E-state index < -0.39 is 10.0 Å². The van der Waals surface area contributed by atoms with Crippen LogP contribution in [0.1, 0.15) is 12.5 Å². The molecule has 0 aromatic heterocycles. The minimum atomic E-state index is -3.46. The summed E-state index contributed by atoms with van der Waals surface area (Å²) in [4.78, 5) is 0. The predicted octanol–water partition coefficient (Wildman–Crippen LogP) is 2.61. The number of nitrogens with two attached hydrogens (primary N) is 1. The van der Waals surface area contributed by atoms with Crippen LogP contribution in [0.15, 0.2) is 48.5 Å². The lowest BCUT2D eigenvalue weighted by molar-refractivity contribution is 0.340. The van der Waals surface area contributed by atoms with Gasteiger partial charge in [-0.15, -0.1) is 0 Å². The van der Waals surface area contributed by atoms with Crippen molar-refractivity contribution in [2.24, 2.45) is 0 Å². The van der Waals surface area contributed by atoms with Gasteiger partial charge in [-0.3, -0.25) is 4.72 Å². The van der Waals surface area contributed by atoms with Gasteiger partial charge < -0.3 is 10.5 Å². The Kier molecular flexibility index (Phi) is 4.70. The third-order valence-corrected chi connectivity index (χ3v) is 4.04. The maximum absolute atomic E-state index is 12.1. The van der Waals surface area contributed by atoms with Crippen molar-refractivity contribution in [3.05, 3.63) is 54.1 Å². The standard InChI is InChI=1S/C15H18N2O3S/c1-2-20-15-9-7-14(8-10-15)17-21(18,19)11-12-3-5-13(16)6-4-12/h3-10,17H,2,11,16H2,1H3. The summed E-state index contributed by atoms with van der Waals surface area (Å²) >= 11 is 0. The fourth-order valence-corrected chi connectivity index (χ4v) is 3.03. The molecule has 3 N–H and O–H groups in total. The molecule has 0 radical (unpaired) electrons. The van der Waals surface area contributed by atoms with Crippen LogP contribution < -0.4 is 15.2 Å². The molecule has 0 atom stereocenters. The lowest BCUT2D eigenvalue weighted by Gasteiger charge is -2.09. The van der Waals surface area contributed by atoms with Gasteiger partial charge in [0.1, 0.15) is 5.75 Å². The topological polar surface area (TPSA) is 81.4 Å². The monoisotopic (exact) mass is 306 g/mol. The first-order valence-corrected chi connectivity index (χ1v) is 8.21. The smallest absolute Gasteiger partial charge is 0.236 e. The fraction of sp³-hybridized carbons (Fsp3) is 0.200. The Hall–Kier alpha value is -2.21. The minimum Gasteiger partial charge on any atom is -0.494 e. The van der Waals surface area contributed by atoms with E-state index in [2.05, 4.69) is 4.72 Å². The lowest BCUT2D eigenvalue weighted by atomic mass is 10.2. The molecular formula is C15H18N2O3S. The number of ether oxygens (including phenoxy) is 1. The lowest BCUT2D eigenvalue weighted by Crippen LogP contribution is -2.15. The quantitative estimate of drug-likeness (QED) is 0.804. The molecule has 0 aliphatic rings. The first-order valence-electron chi connectivity index (χ1n) is 6.56. The average Bonchev–Trinajstić information content (AvgIpc) is 2.43. The molecule has 2 aromatic rings. The number of nitrogens with one attached hydrogen (secondary N) is 1. The Bertz CT molecular complexity index is 680. The highest BCUT2D eigenvalue weighted by molar-refractivity contribution is 7.91. The molecule has 0 fully saturated rings. The summed E-state index contributed by atoms with van der Waals surface area (Å²) in [6, 6.07) is 13.6. The summed E-state index contributed by atoms with van der Waals surface area (Å²) in [5.41, 5.74) is 7.37. The summed E-state index contributed by atoms with van der Waals surface area (Å²) < 4.78 is 32.0. The highest BCUT2D eigenvalue weighted by Crippen LogP contribution is 2.18. The van der Waals surface area contributed by atoms with Gasteiger partial charge >= 0.3 is 0 Å². The number of hydrogen-bond donors (Lipinski definition) is 2. The third-order valence-electron chi connectivity index (χ3n) is 2.78. The van der Waals surface area contributed by atoms with Crippen molar-refractivity contribution >= 4 is 21.4 Å². The zero-order chi connectivity index (χ0) is 15.3. The molecule has 0 aliphatic carbocycles. The van der Waals surface area contributed by atoms with Crippen LogP contribution in [0.25, 0.3) is 0 Å². The average molecular weight is 306 g/mol. The second-order valence-corrected chi connectivity index (χ2v) is 6.28. The molecule has 2 rings (SSSR count). The van der Waals surface area contributed by atoms with E-state index in [4.69, 9.17) is 10.5 Å². The van der Waals surface area contributed by atoms with Crippen LogP contribution in [0.3, 0.4) is 0 Å². The molecule has 0 spiro atoms. The molecule has 112 valence electrons. The number of sulfonamides is 1. The molecular weight excluding hydrogens is 288 g/mol. The molecule has 21 heavy (non-hydrogen) atoms. The molecule has 0 aliphatic heterocycles. The summed E-state index contributed by atoms with van der Waals surface area (Å²) in [6.45, 7) is 2.46. The van der Waals surface area contributed by atoms with Crippen molar-refractivity contribution in [2.75, 3.05) is 17.1 Å². The van der Waals surface area contributed by atoms with E-state index in [-0.39, 0.29) is 5.75 Å². The van der Waals surface area contributed by atoms with Crippen molar-refractivity contribution < 1.29 is 13.2 Å². The number of hydrogen-bond acceptors (Lipinski definition) is 4. The Balaban J connectivity index is 2.04. The van der Waals surface area contributed by atoms with Gasteiger partial charge in [-0.2, -0.15) is 0 Å². The van der Waals surface area contributed by atoms with Gasteiger partial charge in [0.05, 0.1) is 12.4 Å². The van der Waals surface area contributed by atoms with Gasteiger partial charge in [0.2, 0.25) is 10.0 Å². The normalized spacial score (nSPS) is 11.1. The summed E-state index contributed by atoms with van der Waals surface area (Å²) in [6.07, 6.45) is 0. The Morgan fingerprint density at radius 1 is 1.05 bits per heavy atom. The van der Waals surface area contributed by atoms with Gasteiger partial charge in [0, 0.05) is 11.4 Å². The molecule has 0 unspecified atom stereocenters. The van der Waals surface area contributed by atoms with Crippen molar-refractivity contribution in [3.8, 4) is 5.75 Å². The van der Waals surface area contributed by atoms with E-state index in [0.717, 1.165) is 0 Å². The SMILES string of the molecule is CCOc1ccc(NS(=O)(=O)Cc2ccc(N)cc2)cc1. The van der Waals surface area contributed by atoms with Gasteiger partial charge in [0.25, 0.3) is 0 Å². The van der Waals surface area contributed by atoms with Crippen molar-refractivity contribution in [3.63, 3.8) is 0 Å².